The standard InChI is InChI=1S/C26H22N4O3/c1-30-15-23(26(29-30)33-2)25(32)27-19-9-7-16(8-10-19)24(31)28-20-11-12-22-18(14-20)13-17-5-3-4-6-21(17)22/h3-12,14-15H,13H2,1-2H3,(H,27,32)(H,28,31). The minimum absolute atomic E-state index is 0.211. The number of hydrogen-bond acceptors (Lipinski definition) is 4. The number of aryl methyl sites for hydroxylation is 1. The van der Waals surface area contributed by atoms with Crippen molar-refractivity contribution in [1.82, 2.24) is 9.78 Å². The van der Waals surface area contributed by atoms with Crippen molar-refractivity contribution in [3.8, 4) is 17.0 Å². The largest absolute Gasteiger partial charge is 0.479 e. The minimum atomic E-state index is -0.337. The summed E-state index contributed by atoms with van der Waals surface area (Å²) in [5.41, 5.74) is 7.14. The van der Waals surface area contributed by atoms with E-state index >= 15 is 0 Å². The Bertz CT molecular complexity index is 1370. The average molecular weight is 438 g/mol. The number of fused-ring (bicyclic) bond motifs is 3. The maximum atomic E-state index is 12.7. The molecule has 1 aliphatic carbocycles. The van der Waals surface area contributed by atoms with Gasteiger partial charge >= 0.3 is 0 Å². The van der Waals surface area contributed by atoms with E-state index in [1.807, 2.05) is 24.3 Å². The molecule has 0 spiro atoms. The molecule has 0 saturated carbocycles. The van der Waals surface area contributed by atoms with Crippen molar-refractivity contribution in [1.29, 1.82) is 0 Å². The molecular formula is C26H22N4O3. The summed E-state index contributed by atoms with van der Waals surface area (Å²) in [4.78, 5) is 25.3. The fourth-order valence-corrected chi connectivity index (χ4v) is 4.10. The monoisotopic (exact) mass is 438 g/mol. The third-order valence-corrected chi connectivity index (χ3v) is 5.69. The van der Waals surface area contributed by atoms with Crippen LogP contribution in [0.1, 0.15) is 31.8 Å². The predicted molar refractivity (Wildman–Crippen MR) is 127 cm³/mol. The normalized spacial score (nSPS) is 11.5. The third kappa shape index (κ3) is 3.96. The molecule has 0 saturated heterocycles. The zero-order valence-electron chi connectivity index (χ0n) is 18.3. The van der Waals surface area contributed by atoms with Crippen LogP contribution in [0.25, 0.3) is 11.1 Å². The van der Waals surface area contributed by atoms with Crippen LogP contribution in [0, 0.1) is 0 Å². The van der Waals surface area contributed by atoms with Gasteiger partial charge in [-0.2, -0.15) is 0 Å². The smallest absolute Gasteiger partial charge is 0.262 e. The highest BCUT2D eigenvalue weighted by Gasteiger charge is 2.19. The van der Waals surface area contributed by atoms with Gasteiger partial charge in [-0.25, -0.2) is 0 Å². The molecule has 33 heavy (non-hydrogen) atoms. The zero-order valence-corrected chi connectivity index (χ0v) is 18.3. The molecule has 4 aromatic rings. The molecule has 0 atom stereocenters. The number of methoxy groups -OCH3 is 1. The van der Waals surface area contributed by atoms with Crippen LogP contribution in [-0.2, 0) is 13.5 Å². The van der Waals surface area contributed by atoms with E-state index < -0.39 is 0 Å². The second-order valence-corrected chi connectivity index (χ2v) is 7.92. The van der Waals surface area contributed by atoms with Gasteiger partial charge in [-0.1, -0.05) is 30.3 Å². The van der Waals surface area contributed by atoms with Gasteiger partial charge in [0.2, 0.25) is 5.88 Å². The number of carbonyl (C=O) groups is 2. The first-order chi connectivity index (χ1) is 16.0. The van der Waals surface area contributed by atoms with Gasteiger partial charge in [-0.15, -0.1) is 5.10 Å². The fourth-order valence-electron chi connectivity index (χ4n) is 4.10. The Balaban J connectivity index is 1.26. The highest BCUT2D eigenvalue weighted by molar-refractivity contribution is 6.07. The van der Waals surface area contributed by atoms with Crippen molar-refractivity contribution in [3.63, 3.8) is 0 Å². The molecule has 0 bridgehead atoms. The molecule has 7 nitrogen and oxygen atoms in total. The maximum Gasteiger partial charge on any atom is 0.262 e. The van der Waals surface area contributed by atoms with E-state index in [1.54, 1.807) is 37.5 Å². The van der Waals surface area contributed by atoms with Crippen LogP contribution in [0.3, 0.4) is 0 Å². The van der Waals surface area contributed by atoms with Gasteiger partial charge in [-0.3, -0.25) is 14.3 Å². The first-order valence-electron chi connectivity index (χ1n) is 10.5. The summed E-state index contributed by atoms with van der Waals surface area (Å²) >= 11 is 0. The molecule has 0 unspecified atom stereocenters. The number of nitrogens with zero attached hydrogens (tertiary/aromatic N) is 2. The van der Waals surface area contributed by atoms with E-state index in [9.17, 15) is 9.59 Å². The van der Waals surface area contributed by atoms with Crippen molar-refractivity contribution in [2.45, 2.75) is 6.42 Å². The number of hydrogen-bond donors (Lipinski definition) is 2. The van der Waals surface area contributed by atoms with Gasteiger partial charge in [0.05, 0.1) is 7.11 Å². The molecule has 0 fully saturated rings. The average Bonchev–Trinajstić information content (AvgIpc) is 3.39. The SMILES string of the molecule is COc1nn(C)cc1C(=O)Nc1ccc(C(=O)Nc2ccc3c(c2)Cc2ccccc2-3)cc1. The van der Waals surface area contributed by atoms with Gasteiger partial charge in [0, 0.05) is 30.2 Å². The fraction of sp³-hybridized carbons (Fsp3) is 0.115. The number of carbonyl (C=O) groups excluding carboxylic acids is 2. The van der Waals surface area contributed by atoms with E-state index in [4.69, 9.17) is 4.74 Å². The van der Waals surface area contributed by atoms with Crippen molar-refractivity contribution >= 4 is 23.2 Å². The molecule has 5 rings (SSSR count). The van der Waals surface area contributed by atoms with Crippen molar-refractivity contribution in [3.05, 3.63) is 95.2 Å². The molecule has 2 N–H and O–H groups in total. The highest BCUT2D eigenvalue weighted by Crippen LogP contribution is 2.37. The van der Waals surface area contributed by atoms with Gasteiger partial charge in [-0.05, 0) is 65.1 Å². The third-order valence-electron chi connectivity index (χ3n) is 5.69. The summed E-state index contributed by atoms with van der Waals surface area (Å²) in [6, 6.07) is 21.1. The van der Waals surface area contributed by atoms with Gasteiger partial charge in [0.25, 0.3) is 11.8 Å². The van der Waals surface area contributed by atoms with Crippen LogP contribution in [-0.4, -0.2) is 28.7 Å². The number of nitrogens with one attached hydrogen (secondary N) is 2. The Labute approximate surface area is 191 Å². The first kappa shape index (κ1) is 20.5. The summed E-state index contributed by atoms with van der Waals surface area (Å²) in [5, 5.41) is 9.84. The molecule has 2 amide bonds. The first-order valence-corrected chi connectivity index (χ1v) is 10.5. The van der Waals surface area contributed by atoms with Gasteiger partial charge < -0.3 is 15.4 Å². The number of anilines is 2. The van der Waals surface area contributed by atoms with Crippen LogP contribution < -0.4 is 15.4 Å². The number of amides is 2. The molecular weight excluding hydrogens is 416 g/mol. The molecule has 0 aliphatic heterocycles. The van der Waals surface area contributed by atoms with Crippen molar-refractivity contribution in [2.24, 2.45) is 7.05 Å². The van der Waals surface area contributed by atoms with Crippen LogP contribution in [0.4, 0.5) is 11.4 Å². The predicted octanol–water partition coefficient (Wildman–Crippen LogP) is 4.50. The number of ether oxygens (including phenoxy) is 1. The number of rotatable bonds is 5. The Kier molecular flexibility index (Phi) is 5.14. The number of aromatic nitrogens is 2. The van der Waals surface area contributed by atoms with E-state index in [0.717, 1.165) is 12.1 Å². The Morgan fingerprint density at radius 1 is 0.879 bits per heavy atom. The van der Waals surface area contributed by atoms with E-state index in [2.05, 4.69) is 33.9 Å². The van der Waals surface area contributed by atoms with Crippen LogP contribution >= 0.6 is 0 Å². The van der Waals surface area contributed by atoms with E-state index in [1.165, 1.54) is 34.0 Å². The van der Waals surface area contributed by atoms with Crippen molar-refractivity contribution < 1.29 is 14.3 Å². The van der Waals surface area contributed by atoms with E-state index in [-0.39, 0.29) is 17.7 Å². The van der Waals surface area contributed by atoms with Crippen molar-refractivity contribution in [2.75, 3.05) is 17.7 Å². The Morgan fingerprint density at radius 3 is 2.36 bits per heavy atom. The maximum absolute atomic E-state index is 12.7. The second kappa shape index (κ2) is 8.27. The molecule has 0 radical (unpaired) electrons. The molecule has 3 aromatic carbocycles. The highest BCUT2D eigenvalue weighted by atomic mass is 16.5. The lowest BCUT2D eigenvalue weighted by Gasteiger charge is -2.09. The quantitative estimate of drug-likeness (QED) is 0.423. The lowest BCUT2D eigenvalue weighted by molar-refractivity contribution is 0.101. The van der Waals surface area contributed by atoms with Crippen LogP contribution in [0.15, 0.2) is 72.9 Å². The van der Waals surface area contributed by atoms with Gasteiger partial charge in [0.1, 0.15) is 5.56 Å². The lowest BCUT2D eigenvalue weighted by atomic mass is 10.1. The molecule has 164 valence electrons. The summed E-state index contributed by atoms with van der Waals surface area (Å²) in [5.74, 6) is -0.294. The Hall–Kier alpha value is -4.39. The lowest BCUT2D eigenvalue weighted by Crippen LogP contribution is -2.14. The van der Waals surface area contributed by atoms with E-state index in [0.29, 0.717) is 16.8 Å². The van der Waals surface area contributed by atoms with Crippen LogP contribution in [0.5, 0.6) is 5.88 Å². The minimum Gasteiger partial charge on any atom is -0.479 e. The molecule has 1 heterocycles. The molecule has 7 heteroatoms. The molecule has 1 aromatic heterocycles. The Morgan fingerprint density at radius 2 is 1.58 bits per heavy atom. The van der Waals surface area contributed by atoms with Crippen LogP contribution in [0.2, 0.25) is 0 Å². The summed E-state index contributed by atoms with van der Waals surface area (Å²) in [6.07, 6.45) is 2.45. The topological polar surface area (TPSA) is 85.2 Å². The van der Waals surface area contributed by atoms with Gasteiger partial charge in [0.15, 0.2) is 0 Å². The second-order valence-electron chi connectivity index (χ2n) is 7.92. The molecule has 1 aliphatic rings. The summed E-state index contributed by atoms with van der Waals surface area (Å²) in [6.45, 7) is 0. The summed E-state index contributed by atoms with van der Waals surface area (Å²) < 4.78 is 6.65. The number of benzene rings is 3. The zero-order chi connectivity index (χ0) is 22.9. The summed E-state index contributed by atoms with van der Waals surface area (Å²) in [7, 11) is 3.18.